The molecule has 0 fully saturated rings. The molecule has 4 heteroatoms. The zero-order chi connectivity index (χ0) is 13.4. The maximum atomic E-state index is 13.1. The van der Waals surface area contributed by atoms with E-state index in [1.165, 1.54) is 12.1 Å². The molecule has 0 saturated heterocycles. The van der Waals surface area contributed by atoms with Gasteiger partial charge in [-0.1, -0.05) is 24.3 Å². The minimum atomic E-state index is -0.727. The van der Waals surface area contributed by atoms with E-state index in [2.05, 4.69) is 22.6 Å². The van der Waals surface area contributed by atoms with Crippen molar-refractivity contribution in [2.24, 2.45) is 0 Å². The van der Waals surface area contributed by atoms with Crippen LogP contribution in [0.15, 0.2) is 47.8 Å². The Morgan fingerprint density at radius 3 is 2.74 bits per heavy atom. The van der Waals surface area contributed by atoms with Crippen molar-refractivity contribution >= 4 is 44.0 Å². The Labute approximate surface area is 127 Å². The number of hydrogen-bond acceptors (Lipinski definition) is 2. The molecule has 3 aromatic rings. The molecule has 96 valence electrons. The van der Waals surface area contributed by atoms with Crippen LogP contribution in [0.2, 0.25) is 0 Å². The number of hydrogen-bond donors (Lipinski definition) is 1. The third-order valence-electron chi connectivity index (χ3n) is 3.06. The summed E-state index contributed by atoms with van der Waals surface area (Å²) in [5.74, 6) is -0.283. The molecule has 0 saturated carbocycles. The Balaban J connectivity index is 2.13. The lowest BCUT2D eigenvalue weighted by Crippen LogP contribution is -2.02. The van der Waals surface area contributed by atoms with E-state index in [4.69, 9.17) is 0 Å². The fourth-order valence-electron chi connectivity index (χ4n) is 2.12. The van der Waals surface area contributed by atoms with Gasteiger partial charge in [0.15, 0.2) is 0 Å². The van der Waals surface area contributed by atoms with Gasteiger partial charge in [-0.3, -0.25) is 0 Å². The fourth-order valence-corrected chi connectivity index (χ4v) is 3.83. The molecule has 0 amide bonds. The van der Waals surface area contributed by atoms with E-state index in [1.54, 1.807) is 17.4 Å². The maximum absolute atomic E-state index is 13.1. The molecule has 0 aliphatic rings. The monoisotopic (exact) mass is 384 g/mol. The molecule has 3 rings (SSSR count). The van der Waals surface area contributed by atoms with E-state index in [1.807, 2.05) is 29.6 Å². The molecule has 0 aliphatic heterocycles. The lowest BCUT2D eigenvalue weighted by atomic mass is 10.0. The summed E-state index contributed by atoms with van der Waals surface area (Å²) >= 11 is 3.66. The number of aliphatic hydroxyl groups excluding tert-OH is 1. The minimum absolute atomic E-state index is 0.283. The number of aliphatic hydroxyl groups is 1. The van der Waals surface area contributed by atoms with Crippen LogP contribution in [0.1, 0.15) is 17.2 Å². The van der Waals surface area contributed by atoms with Gasteiger partial charge in [0.05, 0.1) is 0 Å². The molecule has 2 aromatic carbocycles. The SMILES string of the molecule is OC(c1ccc(F)cc1I)c1cccc2ccsc12. The summed E-state index contributed by atoms with van der Waals surface area (Å²) in [5, 5.41) is 13.7. The molecular formula is C15H10FIOS. The van der Waals surface area contributed by atoms with Crippen molar-refractivity contribution in [3.8, 4) is 0 Å². The highest BCUT2D eigenvalue weighted by molar-refractivity contribution is 14.1. The summed E-state index contributed by atoms with van der Waals surface area (Å²) < 4.78 is 14.9. The highest BCUT2D eigenvalue weighted by atomic mass is 127. The predicted octanol–water partition coefficient (Wildman–Crippen LogP) is 4.73. The number of benzene rings is 2. The highest BCUT2D eigenvalue weighted by Gasteiger charge is 2.17. The van der Waals surface area contributed by atoms with Crippen LogP contribution in [-0.2, 0) is 0 Å². The molecule has 1 N–H and O–H groups in total. The summed E-state index contributed by atoms with van der Waals surface area (Å²) in [4.78, 5) is 0. The lowest BCUT2D eigenvalue weighted by Gasteiger charge is -2.14. The molecular weight excluding hydrogens is 374 g/mol. The van der Waals surface area contributed by atoms with Crippen molar-refractivity contribution in [2.75, 3.05) is 0 Å². The van der Waals surface area contributed by atoms with Gasteiger partial charge in [-0.25, -0.2) is 4.39 Å². The van der Waals surface area contributed by atoms with Crippen molar-refractivity contribution in [3.05, 3.63) is 68.4 Å². The first-order valence-corrected chi connectivity index (χ1v) is 7.72. The van der Waals surface area contributed by atoms with Crippen molar-refractivity contribution < 1.29 is 9.50 Å². The van der Waals surface area contributed by atoms with Crippen LogP contribution in [-0.4, -0.2) is 5.11 Å². The summed E-state index contributed by atoms with van der Waals surface area (Å²) in [6, 6.07) is 12.4. The van der Waals surface area contributed by atoms with Gasteiger partial charge >= 0.3 is 0 Å². The average molecular weight is 384 g/mol. The van der Waals surface area contributed by atoms with Crippen LogP contribution < -0.4 is 0 Å². The van der Waals surface area contributed by atoms with Gasteiger partial charge < -0.3 is 5.11 Å². The first kappa shape index (κ1) is 13.0. The maximum Gasteiger partial charge on any atom is 0.124 e. The van der Waals surface area contributed by atoms with E-state index < -0.39 is 6.10 Å². The number of thiophene rings is 1. The van der Waals surface area contributed by atoms with Gasteiger partial charge in [0.25, 0.3) is 0 Å². The Kier molecular flexibility index (Phi) is 3.56. The molecule has 1 unspecified atom stereocenters. The summed E-state index contributed by atoms with van der Waals surface area (Å²) in [6.07, 6.45) is -0.727. The van der Waals surface area contributed by atoms with Crippen molar-refractivity contribution in [2.45, 2.75) is 6.10 Å². The molecule has 1 atom stereocenters. The van der Waals surface area contributed by atoms with Crippen LogP contribution in [0, 0.1) is 9.39 Å². The van der Waals surface area contributed by atoms with E-state index in [-0.39, 0.29) is 5.82 Å². The number of fused-ring (bicyclic) bond motifs is 1. The quantitative estimate of drug-likeness (QED) is 0.634. The molecule has 0 aliphatic carbocycles. The van der Waals surface area contributed by atoms with Gasteiger partial charge in [0.1, 0.15) is 11.9 Å². The van der Waals surface area contributed by atoms with Gasteiger partial charge in [-0.2, -0.15) is 0 Å². The van der Waals surface area contributed by atoms with Gasteiger partial charge in [0, 0.05) is 13.8 Å². The van der Waals surface area contributed by atoms with Gasteiger partial charge in [0.2, 0.25) is 0 Å². The Bertz CT molecular complexity index is 738. The van der Waals surface area contributed by atoms with Crippen LogP contribution in [0.25, 0.3) is 10.1 Å². The third-order valence-corrected chi connectivity index (χ3v) is 4.97. The molecule has 1 nitrogen and oxygen atoms in total. The third kappa shape index (κ3) is 2.40. The fraction of sp³-hybridized carbons (Fsp3) is 0.0667. The Hall–Kier alpha value is -0.980. The van der Waals surface area contributed by atoms with Crippen LogP contribution >= 0.6 is 33.9 Å². The van der Waals surface area contributed by atoms with E-state index in [9.17, 15) is 9.50 Å². The van der Waals surface area contributed by atoms with Crippen LogP contribution in [0.5, 0.6) is 0 Å². The Morgan fingerprint density at radius 1 is 1.11 bits per heavy atom. The molecule has 1 aromatic heterocycles. The second-order valence-electron chi connectivity index (χ2n) is 4.25. The molecule has 19 heavy (non-hydrogen) atoms. The van der Waals surface area contributed by atoms with Crippen molar-refractivity contribution in [1.82, 2.24) is 0 Å². The van der Waals surface area contributed by atoms with E-state index >= 15 is 0 Å². The lowest BCUT2D eigenvalue weighted by molar-refractivity contribution is 0.221. The highest BCUT2D eigenvalue weighted by Crippen LogP contribution is 2.34. The topological polar surface area (TPSA) is 20.2 Å². The molecule has 0 radical (unpaired) electrons. The predicted molar refractivity (Wildman–Crippen MR) is 85.0 cm³/mol. The molecule has 0 bridgehead atoms. The standard InChI is InChI=1S/C15H10FIOS/c16-10-4-5-11(13(17)8-10)14(18)12-3-1-2-9-6-7-19-15(9)12/h1-8,14,18H. The number of rotatable bonds is 2. The van der Waals surface area contributed by atoms with Crippen molar-refractivity contribution in [3.63, 3.8) is 0 Å². The van der Waals surface area contributed by atoms with Gasteiger partial charge in [-0.05, 0) is 57.1 Å². The zero-order valence-electron chi connectivity index (χ0n) is 9.81. The van der Waals surface area contributed by atoms with Gasteiger partial charge in [-0.15, -0.1) is 11.3 Å². The summed E-state index contributed by atoms with van der Waals surface area (Å²) in [7, 11) is 0. The summed E-state index contributed by atoms with van der Waals surface area (Å²) in [5.41, 5.74) is 1.61. The Morgan fingerprint density at radius 2 is 1.95 bits per heavy atom. The average Bonchev–Trinajstić information content (AvgIpc) is 2.86. The summed E-state index contributed by atoms with van der Waals surface area (Å²) in [6.45, 7) is 0. The van der Waals surface area contributed by atoms with Crippen molar-refractivity contribution in [1.29, 1.82) is 0 Å². The first-order valence-electron chi connectivity index (χ1n) is 5.76. The van der Waals surface area contributed by atoms with Crippen LogP contribution in [0.4, 0.5) is 4.39 Å². The normalized spacial score (nSPS) is 12.8. The second kappa shape index (κ2) is 5.19. The largest absolute Gasteiger partial charge is 0.384 e. The number of halogens is 2. The minimum Gasteiger partial charge on any atom is -0.384 e. The molecule has 1 heterocycles. The van der Waals surface area contributed by atoms with Crippen LogP contribution in [0.3, 0.4) is 0 Å². The van der Waals surface area contributed by atoms with E-state index in [0.717, 1.165) is 24.8 Å². The molecule has 0 spiro atoms. The van der Waals surface area contributed by atoms with E-state index in [0.29, 0.717) is 0 Å². The smallest absolute Gasteiger partial charge is 0.124 e. The zero-order valence-corrected chi connectivity index (χ0v) is 12.8. The second-order valence-corrected chi connectivity index (χ2v) is 6.33. The first-order chi connectivity index (χ1) is 9.16.